The van der Waals surface area contributed by atoms with Crippen LogP contribution in [0.15, 0.2) is 12.3 Å². The van der Waals surface area contributed by atoms with Crippen LogP contribution in [0, 0.1) is 0 Å². The highest BCUT2D eigenvalue weighted by molar-refractivity contribution is 5.78. The molecule has 0 fully saturated rings. The summed E-state index contributed by atoms with van der Waals surface area (Å²) in [6.45, 7) is 9.20. The van der Waals surface area contributed by atoms with Gasteiger partial charge in [-0.25, -0.2) is 0 Å². The van der Waals surface area contributed by atoms with Crippen LogP contribution in [0.25, 0.3) is 0 Å². The number of amides is 1. The second kappa shape index (κ2) is 7.94. The van der Waals surface area contributed by atoms with Gasteiger partial charge < -0.3 is 10.6 Å². The van der Waals surface area contributed by atoms with Crippen molar-refractivity contribution in [3.63, 3.8) is 0 Å². The van der Waals surface area contributed by atoms with E-state index >= 15 is 0 Å². The maximum absolute atomic E-state index is 11.5. The molecule has 19 heavy (non-hydrogen) atoms. The lowest BCUT2D eigenvalue weighted by atomic mass is 10.2. The van der Waals surface area contributed by atoms with Gasteiger partial charge in [0.05, 0.1) is 18.3 Å². The van der Waals surface area contributed by atoms with E-state index in [9.17, 15) is 4.79 Å². The number of nitrogens with one attached hydrogen (secondary N) is 2. The van der Waals surface area contributed by atoms with Crippen LogP contribution in [-0.4, -0.2) is 28.3 Å². The van der Waals surface area contributed by atoms with Gasteiger partial charge in [0, 0.05) is 18.8 Å². The van der Waals surface area contributed by atoms with Crippen molar-refractivity contribution in [2.75, 3.05) is 6.54 Å². The molecule has 0 saturated heterocycles. The van der Waals surface area contributed by atoms with Crippen molar-refractivity contribution in [2.45, 2.75) is 59.2 Å². The minimum absolute atomic E-state index is 0.0226. The van der Waals surface area contributed by atoms with Crippen molar-refractivity contribution >= 4 is 5.91 Å². The summed E-state index contributed by atoms with van der Waals surface area (Å²) in [7, 11) is 0. The standard InChI is InChI=1S/C14H26N4O/c1-5-13(6-2)18-8-7-12(17-18)9-15-10-14(19)16-11(3)4/h7-8,11,13,15H,5-6,9-10H2,1-4H3,(H,16,19). The van der Waals surface area contributed by atoms with E-state index in [1.807, 2.05) is 30.8 Å². The van der Waals surface area contributed by atoms with E-state index in [1.165, 1.54) is 0 Å². The molecule has 1 aromatic rings. The van der Waals surface area contributed by atoms with Crippen LogP contribution >= 0.6 is 0 Å². The first-order valence-corrected chi connectivity index (χ1v) is 7.10. The Morgan fingerprint density at radius 1 is 1.37 bits per heavy atom. The Balaban J connectivity index is 2.36. The first-order valence-electron chi connectivity index (χ1n) is 7.10. The third-order valence-electron chi connectivity index (χ3n) is 3.02. The molecule has 0 aliphatic carbocycles. The fourth-order valence-electron chi connectivity index (χ4n) is 2.01. The van der Waals surface area contributed by atoms with E-state index in [0.717, 1.165) is 18.5 Å². The molecule has 0 atom stereocenters. The first-order chi connectivity index (χ1) is 9.06. The Kier molecular flexibility index (Phi) is 6.56. The summed E-state index contributed by atoms with van der Waals surface area (Å²) < 4.78 is 2.02. The van der Waals surface area contributed by atoms with E-state index in [0.29, 0.717) is 19.1 Å². The second-order valence-electron chi connectivity index (χ2n) is 5.08. The van der Waals surface area contributed by atoms with Crippen molar-refractivity contribution in [3.8, 4) is 0 Å². The summed E-state index contributed by atoms with van der Waals surface area (Å²) in [6.07, 6.45) is 4.19. The minimum Gasteiger partial charge on any atom is -0.353 e. The van der Waals surface area contributed by atoms with Gasteiger partial charge in [-0.3, -0.25) is 9.48 Å². The van der Waals surface area contributed by atoms with E-state index in [1.54, 1.807) is 0 Å². The number of carbonyl (C=O) groups excluding carboxylic acids is 1. The van der Waals surface area contributed by atoms with E-state index in [2.05, 4.69) is 29.6 Å². The van der Waals surface area contributed by atoms with Gasteiger partial charge in [-0.2, -0.15) is 5.10 Å². The third kappa shape index (κ3) is 5.42. The molecule has 0 radical (unpaired) electrons. The van der Waals surface area contributed by atoms with E-state index < -0.39 is 0 Å². The fraction of sp³-hybridized carbons (Fsp3) is 0.714. The highest BCUT2D eigenvalue weighted by atomic mass is 16.1. The average molecular weight is 266 g/mol. The maximum Gasteiger partial charge on any atom is 0.234 e. The highest BCUT2D eigenvalue weighted by Gasteiger charge is 2.08. The zero-order valence-electron chi connectivity index (χ0n) is 12.4. The highest BCUT2D eigenvalue weighted by Crippen LogP contribution is 2.14. The Morgan fingerprint density at radius 2 is 2.05 bits per heavy atom. The van der Waals surface area contributed by atoms with Gasteiger partial charge in [-0.1, -0.05) is 13.8 Å². The number of carbonyl (C=O) groups is 1. The Labute approximate surface area is 115 Å². The molecule has 0 aromatic carbocycles. The zero-order valence-corrected chi connectivity index (χ0v) is 12.4. The zero-order chi connectivity index (χ0) is 14.3. The van der Waals surface area contributed by atoms with Crippen molar-refractivity contribution in [1.82, 2.24) is 20.4 Å². The number of hydrogen-bond acceptors (Lipinski definition) is 3. The van der Waals surface area contributed by atoms with Crippen LogP contribution in [0.4, 0.5) is 0 Å². The third-order valence-corrected chi connectivity index (χ3v) is 3.02. The lowest BCUT2D eigenvalue weighted by Crippen LogP contribution is -2.37. The van der Waals surface area contributed by atoms with Crippen LogP contribution < -0.4 is 10.6 Å². The molecule has 0 spiro atoms. The predicted octanol–water partition coefficient (Wildman–Crippen LogP) is 1.86. The minimum atomic E-state index is 0.0226. The lowest BCUT2D eigenvalue weighted by molar-refractivity contribution is -0.120. The first kappa shape index (κ1) is 15.7. The molecule has 5 heteroatoms. The summed E-state index contributed by atoms with van der Waals surface area (Å²) in [4.78, 5) is 11.5. The topological polar surface area (TPSA) is 59.0 Å². The molecule has 1 rings (SSSR count). The van der Waals surface area contributed by atoms with Crippen molar-refractivity contribution in [2.24, 2.45) is 0 Å². The SMILES string of the molecule is CCC(CC)n1ccc(CNCC(=O)NC(C)C)n1. The van der Waals surface area contributed by atoms with Gasteiger partial charge in [0.1, 0.15) is 0 Å². The molecule has 0 bridgehead atoms. The van der Waals surface area contributed by atoms with E-state index in [4.69, 9.17) is 0 Å². The van der Waals surface area contributed by atoms with Gasteiger partial charge in [0.25, 0.3) is 0 Å². The van der Waals surface area contributed by atoms with Crippen LogP contribution in [0.1, 0.15) is 52.3 Å². The summed E-state index contributed by atoms with van der Waals surface area (Å²) in [6, 6.07) is 2.66. The molecule has 0 unspecified atom stereocenters. The van der Waals surface area contributed by atoms with Gasteiger partial charge in [-0.05, 0) is 32.8 Å². The van der Waals surface area contributed by atoms with E-state index in [-0.39, 0.29) is 11.9 Å². The van der Waals surface area contributed by atoms with Gasteiger partial charge >= 0.3 is 0 Å². The number of aromatic nitrogens is 2. The predicted molar refractivity (Wildman–Crippen MR) is 76.8 cm³/mol. The van der Waals surface area contributed by atoms with Gasteiger partial charge in [-0.15, -0.1) is 0 Å². The second-order valence-corrected chi connectivity index (χ2v) is 5.08. The molecule has 0 aliphatic heterocycles. The molecule has 0 saturated carbocycles. The smallest absolute Gasteiger partial charge is 0.234 e. The average Bonchev–Trinajstić information content (AvgIpc) is 2.78. The largest absolute Gasteiger partial charge is 0.353 e. The van der Waals surface area contributed by atoms with Gasteiger partial charge in [0.2, 0.25) is 5.91 Å². The molecule has 1 heterocycles. The molecular formula is C14H26N4O. The molecule has 1 aromatic heterocycles. The lowest BCUT2D eigenvalue weighted by Gasteiger charge is -2.12. The van der Waals surface area contributed by atoms with Crippen LogP contribution in [-0.2, 0) is 11.3 Å². The van der Waals surface area contributed by atoms with Crippen LogP contribution in [0.5, 0.6) is 0 Å². The molecule has 0 aliphatic rings. The monoisotopic (exact) mass is 266 g/mol. The maximum atomic E-state index is 11.5. The Morgan fingerprint density at radius 3 is 2.63 bits per heavy atom. The van der Waals surface area contributed by atoms with Crippen molar-refractivity contribution in [1.29, 1.82) is 0 Å². The summed E-state index contributed by atoms with van der Waals surface area (Å²) in [5.74, 6) is 0.0226. The van der Waals surface area contributed by atoms with Gasteiger partial charge in [0.15, 0.2) is 0 Å². The van der Waals surface area contributed by atoms with Crippen molar-refractivity contribution in [3.05, 3.63) is 18.0 Å². The Bertz CT molecular complexity index is 383. The van der Waals surface area contributed by atoms with Crippen LogP contribution in [0.2, 0.25) is 0 Å². The summed E-state index contributed by atoms with van der Waals surface area (Å²) >= 11 is 0. The fourth-order valence-corrected chi connectivity index (χ4v) is 2.01. The molecule has 5 nitrogen and oxygen atoms in total. The molecule has 1 amide bonds. The molecular weight excluding hydrogens is 240 g/mol. The summed E-state index contributed by atoms with van der Waals surface area (Å²) in [5, 5.41) is 10.5. The normalized spacial score (nSPS) is 11.3. The number of nitrogens with zero attached hydrogens (tertiary/aromatic N) is 2. The quantitative estimate of drug-likeness (QED) is 0.755. The Hall–Kier alpha value is -1.36. The molecule has 108 valence electrons. The molecule has 2 N–H and O–H groups in total. The summed E-state index contributed by atoms with van der Waals surface area (Å²) in [5.41, 5.74) is 0.976. The number of rotatable bonds is 8. The van der Waals surface area contributed by atoms with Crippen molar-refractivity contribution < 1.29 is 4.79 Å². The van der Waals surface area contributed by atoms with Crippen LogP contribution in [0.3, 0.4) is 0 Å². The number of hydrogen-bond donors (Lipinski definition) is 2.